The molecule has 0 saturated carbocycles. The van der Waals surface area contributed by atoms with Gasteiger partial charge in [0.1, 0.15) is 11.2 Å². The number of rotatable bonds is 3. The van der Waals surface area contributed by atoms with Gasteiger partial charge in [-0.3, -0.25) is 0 Å². The summed E-state index contributed by atoms with van der Waals surface area (Å²) in [5.41, 5.74) is 1.96. The van der Waals surface area contributed by atoms with Crippen LogP contribution in [-0.4, -0.2) is 0 Å². The van der Waals surface area contributed by atoms with Crippen molar-refractivity contribution in [2.75, 3.05) is 0 Å². The molecule has 8 aromatic carbocycles. The predicted octanol–water partition coefficient (Wildman–Crippen LogP) is 12.0. The Balaban J connectivity index is 1.35. The molecule has 1 heterocycles. The van der Waals surface area contributed by atoms with Crippen LogP contribution < -0.4 is 0 Å². The molecule has 0 aliphatic carbocycles. The van der Waals surface area contributed by atoms with Crippen LogP contribution in [0.4, 0.5) is 0 Å². The number of fused-ring (bicyclic) bond motifs is 6. The summed E-state index contributed by atoms with van der Waals surface area (Å²) < 4.78 is 127. The topological polar surface area (TPSA) is 13.1 Å². The molecule has 9 rings (SSSR count). The highest BCUT2D eigenvalue weighted by atomic mass is 16.3. The fourth-order valence-electron chi connectivity index (χ4n) is 5.89. The normalized spacial score (nSPS) is 16.3. The summed E-state index contributed by atoms with van der Waals surface area (Å²) in [6.07, 6.45) is 0. The maximum atomic E-state index is 9.36. The number of hydrogen-bond donors (Lipinski definition) is 0. The van der Waals surface area contributed by atoms with E-state index in [-0.39, 0.29) is 74.0 Å². The Morgan fingerprint density at radius 3 is 1.77 bits per heavy atom. The molecule has 200 valence electrons. The molecule has 9 aromatic rings. The molecule has 0 spiro atoms. The molecule has 0 radical (unpaired) electrons. The average molecular weight is 561 g/mol. The SMILES string of the molecule is [2H]c1c([2H])c([2H])c2c(oc3c([2H])c([2H])c(-c4cccc(-c5c6ccccc6c(-c6c([2H])c([2H])c7c([2H])c([2H])c([2H])c([2H])c7c6[2H])c6ccccc56)c4)c([2H])c32)c1[2H]. The van der Waals surface area contributed by atoms with Crippen molar-refractivity contribution in [1.29, 1.82) is 0 Å². The van der Waals surface area contributed by atoms with Gasteiger partial charge in [-0.1, -0.05) is 127 Å². The van der Waals surface area contributed by atoms with Crippen LogP contribution in [0.2, 0.25) is 0 Å². The third-order valence-electron chi connectivity index (χ3n) is 7.76. The Labute approximate surface area is 268 Å². The molecule has 0 amide bonds. The number of benzene rings is 8. The second-order valence-electron chi connectivity index (χ2n) is 10.2. The van der Waals surface area contributed by atoms with Gasteiger partial charge in [-0.25, -0.2) is 0 Å². The summed E-state index contributed by atoms with van der Waals surface area (Å²) in [5, 5.41) is 2.22. The minimum absolute atomic E-state index is 0.00469. The van der Waals surface area contributed by atoms with Crippen LogP contribution in [0.5, 0.6) is 0 Å². The van der Waals surface area contributed by atoms with E-state index in [2.05, 4.69) is 0 Å². The van der Waals surface area contributed by atoms with E-state index in [0.717, 1.165) is 5.56 Å². The van der Waals surface area contributed by atoms with Crippen molar-refractivity contribution in [2.45, 2.75) is 0 Å². The fraction of sp³-hybridized carbons (Fsp3) is 0. The number of para-hydroxylation sites is 1. The third kappa shape index (κ3) is 3.79. The molecule has 0 fully saturated rings. The molecule has 1 aromatic heterocycles. The van der Waals surface area contributed by atoms with Crippen LogP contribution in [0.3, 0.4) is 0 Å². The van der Waals surface area contributed by atoms with Crippen LogP contribution in [0.25, 0.3) is 87.6 Å². The lowest BCUT2D eigenvalue weighted by molar-refractivity contribution is 0.669. The maximum Gasteiger partial charge on any atom is 0.135 e. The average Bonchev–Trinajstić information content (AvgIpc) is 3.62. The number of hydrogen-bond acceptors (Lipinski definition) is 1. The largest absolute Gasteiger partial charge is 0.456 e. The van der Waals surface area contributed by atoms with E-state index in [1.165, 1.54) is 0 Å². The van der Waals surface area contributed by atoms with Gasteiger partial charge in [-0.05, 0) is 95.9 Å². The van der Waals surface area contributed by atoms with E-state index in [9.17, 15) is 4.11 Å². The molecule has 0 atom stereocenters. The van der Waals surface area contributed by atoms with E-state index < -0.39 is 54.4 Å². The van der Waals surface area contributed by atoms with Crippen LogP contribution >= 0.6 is 0 Å². The minimum Gasteiger partial charge on any atom is -0.456 e. The van der Waals surface area contributed by atoms with Crippen molar-refractivity contribution in [3.8, 4) is 33.4 Å². The summed E-state index contributed by atoms with van der Waals surface area (Å²) in [6, 6.07) is 15.8. The predicted molar refractivity (Wildman–Crippen MR) is 183 cm³/mol. The van der Waals surface area contributed by atoms with E-state index in [1.54, 1.807) is 30.3 Å². The Morgan fingerprint density at radius 2 is 1.00 bits per heavy atom. The van der Waals surface area contributed by atoms with Gasteiger partial charge >= 0.3 is 0 Å². The fourth-order valence-corrected chi connectivity index (χ4v) is 5.89. The summed E-state index contributed by atoms with van der Waals surface area (Å²) in [5.74, 6) is 0. The molecule has 0 unspecified atom stereocenters. The lowest BCUT2D eigenvalue weighted by Crippen LogP contribution is -1.91. The van der Waals surface area contributed by atoms with Gasteiger partial charge in [-0.15, -0.1) is 0 Å². The molecule has 43 heavy (non-hydrogen) atoms. The summed E-state index contributed by atoms with van der Waals surface area (Å²) in [4.78, 5) is 0. The second kappa shape index (κ2) is 9.44. The van der Waals surface area contributed by atoms with Crippen molar-refractivity contribution in [1.82, 2.24) is 0 Å². The first-order valence-electron chi connectivity index (χ1n) is 20.6. The van der Waals surface area contributed by atoms with Gasteiger partial charge in [0.05, 0.1) is 19.2 Å². The van der Waals surface area contributed by atoms with Crippen molar-refractivity contribution < 1.29 is 23.6 Å². The zero-order valence-electron chi connectivity index (χ0n) is 36.3. The Kier molecular flexibility index (Phi) is 3.07. The molecule has 0 aliphatic rings. The van der Waals surface area contributed by atoms with Crippen molar-refractivity contribution >= 4 is 54.3 Å². The van der Waals surface area contributed by atoms with Gasteiger partial charge in [-0.2, -0.15) is 0 Å². The molecule has 0 bridgehead atoms. The molecule has 0 saturated heterocycles. The second-order valence-corrected chi connectivity index (χ2v) is 10.2. The van der Waals surface area contributed by atoms with Gasteiger partial charge in [0.25, 0.3) is 0 Å². The van der Waals surface area contributed by atoms with Gasteiger partial charge in [0.15, 0.2) is 0 Å². The molecule has 0 N–H and O–H groups in total. The van der Waals surface area contributed by atoms with Gasteiger partial charge in [0, 0.05) is 10.8 Å². The monoisotopic (exact) mass is 560 g/mol. The van der Waals surface area contributed by atoms with Gasteiger partial charge < -0.3 is 4.42 Å². The van der Waals surface area contributed by atoms with E-state index in [4.69, 9.17) is 19.5 Å². The molecule has 1 nitrogen and oxygen atoms in total. The Hall–Kier alpha value is -5.66. The van der Waals surface area contributed by atoms with Crippen LogP contribution in [0, 0.1) is 0 Å². The van der Waals surface area contributed by atoms with Crippen molar-refractivity contribution in [3.63, 3.8) is 0 Å². The first-order valence-corrected chi connectivity index (χ1v) is 13.6. The summed E-state index contributed by atoms with van der Waals surface area (Å²) >= 11 is 0. The lowest BCUT2D eigenvalue weighted by Gasteiger charge is -2.18. The minimum atomic E-state index is -0.546. The third-order valence-corrected chi connectivity index (χ3v) is 7.76. The van der Waals surface area contributed by atoms with E-state index in [1.807, 2.05) is 42.5 Å². The standard InChI is InChI=1S/C42H26O/c1-2-11-28-24-32(21-20-27(28)10-1)42-36-17-5-3-15-34(36)41(35-16-4-6-18-37(35)42)31-13-9-12-29(25-31)30-22-23-40-38(26-30)33-14-7-8-19-39(33)43-40/h1-26H/i1D,2D,7D,8D,10D,11D,14D,19D,20D,21D,22D,23D,24D,26D. The maximum absolute atomic E-state index is 9.36. The highest BCUT2D eigenvalue weighted by Gasteiger charge is 2.17. The zero-order chi connectivity index (χ0) is 40.5. The van der Waals surface area contributed by atoms with E-state index >= 15 is 0 Å². The Morgan fingerprint density at radius 1 is 0.395 bits per heavy atom. The van der Waals surface area contributed by atoms with Crippen LogP contribution in [0.1, 0.15) is 19.2 Å². The summed E-state index contributed by atoms with van der Waals surface area (Å²) in [7, 11) is 0. The van der Waals surface area contributed by atoms with Crippen LogP contribution in [0.15, 0.2) is 162 Å². The lowest BCUT2D eigenvalue weighted by atomic mass is 9.85. The number of furan rings is 1. The zero-order valence-corrected chi connectivity index (χ0v) is 22.3. The van der Waals surface area contributed by atoms with Gasteiger partial charge in [0.2, 0.25) is 0 Å². The molecular formula is C42H26O. The molecule has 1 heteroatoms. The Bertz CT molecular complexity index is 3240. The summed E-state index contributed by atoms with van der Waals surface area (Å²) in [6.45, 7) is 0. The van der Waals surface area contributed by atoms with Crippen molar-refractivity contribution in [3.05, 3.63) is 157 Å². The smallest absolute Gasteiger partial charge is 0.135 e. The highest BCUT2D eigenvalue weighted by molar-refractivity contribution is 6.22. The molecular weight excluding hydrogens is 520 g/mol. The highest BCUT2D eigenvalue weighted by Crippen LogP contribution is 2.44. The van der Waals surface area contributed by atoms with Crippen molar-refractivity contribution in [2.24, 2.45) is 0 Å². The first-order chi connectivity index (χ1) is 27.2. The molecule has 0 aliphatic heterocycles. The quantitative estimate of drug-likeness (QED) is 0.196. The van der Waals surface area contributed by atoms with Crippen LogP contribution in [-0.2, 0) is 0 Å². The van der Waals surface area contributed by atoms with E-state index in [0.29, 0.717) is 38.2 Å². The first kappa shape index (κ1) is 14.0.